The standard InChI is InChI=1S/C15H23N3OS/c16-11-7-3-1-2-6-10(11)14(19)18-15-17-12-8-4-5-9-13(12)20-15/h10-11H,1-9,16H2,(H,17,18,19). The molecular weight excluding hydrogens is 270 g/mol. The third-order valence-electron chi connectivity index (χ3n) is 4.48. The van der Waals surface area contributed by atoms with Gasteiger partial charge in [-0.3, -0.25) is 4.79 Å². The molecule has 0 aliphatic heterocycles. The molecule has 5 heteroatoms. The molecule has 1 fully saturated rings. The smallest absolute Gasteiger partial charge is 0.230 e. The number of hydrogen-bond acceptors (Lipinski definition) is 4. The Bertz CT molecular complexity index is 462. The zero-order chi connectivity index (χ0) is 13.9. The van der Waals surface area contributed by atoms with Crippen LogP contribution in [0.1, 0.15) is 55.5 Å². The van der Waals surface area contributed by atoms with E-state index in [2.05, 4.69) is 10.3 Å². The number of fused-ring (bicyclic) bond motifs is 1. The van der Waals surface area contributed by atoms with E-state index in [9.17, 15) is 4.79 Å². The van der Waals surface area contributed by atoms with E-state index in [0.717, 1.165) is 43.7 Å². The van der Waals surface area contributed by atoms with Crippen LogP contribution in [0.4, 0.5) is 5.13 Å². The average molecular weight is 293 g/mol. The van der Waals surface area contributed by atoms with Gasteiger partial charge in [0.05, 0.1) is 11.6 Å². The van der Waals surface area contributed by atoms with Gasteiger partial charge in [0.25, 0.3) is 0 Å². The van der Waals surface area contributed by atoms with E-state index in [1.165, 1.54) is 29.8 Å². The van der Waals surface area contributed by atoms with Crippen LogP contribution in [-0.4, -0.2) is 16.9 Å². The molecule has 3 rings (SSSR count). The molecule has 1 heterocycles. The summed E-state index contributed by atoms with van der Waals surface area (Å²) in [6, 6.07) is 0.00656. The monoisotopic (exact) mass is 293 g/mol. The Kier molecular flexibility index (Phi) is 4.36. The highest BCUT2D eigenvalue weighted by Crippen LogP contribution is 2.30. The molecule has 3 N–H and O–H groups in total. The third kappa shape index (κ3) is 3.04. The molecule has 110 valence electrons. The molecule has 1 saturated carbocycles. The number of nitrogens with two attached hydrogens (primary N) is 1. The van der Waals surface area contributed by atoms with Crippen molar-refractivity contribution in [3.05, 3.63) is 10.6 Å². The number of hydrogen-bond donors (Lipinski definition) is 2. The molecule has 0 saturated heterocycles. The Morgan fingerprint density at radius 2 is 1.95 bits per heavy atom. The van der Waals surface area contributed by atoms with Crippen molar-refractivity contribution < 1.29 is 4.79 Å². The first-order chi connectivity index (χ1) is 9.74. The van der Waals surface area contributed by atoms with E-state index in [1.807, 2.05) is 0 Å². The van der Waals surface area contributed by atoms with Gasteiger partial charge in [0.1, 0.15) is 0 Å². The Labute approximate surface area is 124 Å². The lowest BCUT2D eigenvalue weighted by molar-refractivity contribution is -0.120. The summed E-state index contributed by atoms with van der Waals surface area (Å²) in [4.78, 5) is 18.4. The van der Waals surface area contributed by atoms with Gasteiger partial charge in [-0.1, -0.05) is 19.3 Å². The second-order valence-electron chi connectivity index (χ2n) is 5.99. The lowest BCUT2D eigenvalue weighted by Crippen LogP contribution is -2.37. The van der Waals surface area contributed by atoms with Crippen LogP contribution in [0.3, 0.4) is 0 Å². The van der Waals surface area contributed by atoms with E-state index in [4.69, 9.17) is 5.73 Å². The fourth-order valence-corrected chi connectivity index (χ4v) is 4.32. The minimum Gasteiger partial charge on any atom is -0.327 e. The number of carbonyl (C=O) groups excluding carboxylic acids is 1. The molecule has 0 spiro atoms. The van der Waals surface area contributed by atoms with Gasteiger partial charge in [-0.05, 0) is 38.5 Å². The number of rotatable bonds is 2. The third-order valence-corrected chi connectivity index (χ3v) is 5.55. The van der Waals surface area contributed by atoms with Crippen LogP contribution in [0.5, 0.6) is 0 Å². The van der Waals surface area contributed by atoms with Gasteiger partial charge in [0.15, 0.2) is 5.13 Å². The largest absolute Gasteiger partial charge is 0.327 e. The Hall–Kier alpha value is -0.940. The Morgan fingerprint density at radius 1 is 1.15 bits per heavy atom. The summed E-state index contributed by atoms with van der Waals surface area (Å²) in [6.07, 6.45) is 9.98. The summed E-state index contributed by atoms with van der Waals surface area (Å²) in [5, 5.41) is 3.79. The van der Waals surface area contributed by atoms with Crippen molar-refractivity contribution in [3.8, 4) is 0 Å². The molecule has 2 aliphatic rings. The predicted octanol–water partition coefficient (Wildman–Crippen LogP) is 2.87. The highest BCUT2D eigenvalue weighted by atomic mass is 32.1. The quantitative estimate of drug-likeness (QED) is 0.824. The normalized spacial score (nSPS) is 26.6. The van der Waals surface area contributed by atoms with E-state index in [0.29, 0.717) is 0 Å². The summed E-state index contributed by atoms with van der Waals surface area (Å²) < 4.78 is 0. The molecule has 20 heavy (non-hydrogen) atoms. The molecule has 0 radical (unpaired) electrons. The second kappa shape index (κ2) is 6.22. The van der Waals surface area contributed by atoms with Crippen molar-refractivity contribution in [1.82, 2.24) is 4.98 Å². The minimum absolute atomic E-state index is 0.00656. The van der Waals surface area contributed by atoms with Crippen molar-refractivity contribution >= 4 is 22.4 Å². The lowest BCUT2D eigenvalue weighted by Gasteiger charge is -2.19. The van der Waals surface area contributed by atoms with Gasteiger partial charge < -0.3 is 11.1 Å². The van der Waals surface area contributed by atoms with Gasteiger partial charge in [-0.15, -0.1) is 11.3 Å². The predicted molar refractivity (Wildman–Crippen MR) is 81.9 cm³/mol. The molecule has 0 bridgehead atoms. The number of nitrogens with zero attached hydrogens (tertiary/aromatic N) is 1. The SMILES string of the molecule is NC1CCCCCC1C(=O)Nc1nc2c(s1)CCCC2. The zero-order valence-electron chi connectivity index (χ0n) is 11.9. The van der Waals surface area contributed by atoms with Crippen LogP contribution in [0, 0.1) is 5.92 Å². The highest BCUT2D eigenvalue weighted by molar-refractivity contribution is 7.15. The van der Waals surface area contributed by atoms with Crippen LogP contribution >= 0.6 is 11.3 Å². The summed E-state index contributed by atoms with van der Waals surface area (Å²) in [5.74, 6) is 0.0314. The van der Waals surface area contributed by atoms with Gasteiger partial charge in [0, 0.05) is 10.9 Å². The number of nitrogens with one attached hydrogen (secondary N) is 1. The fourth-order valence-electron chi connectivity index (χ4n) is 3.27. The molecule has 1 aromatic heterocycles. The highest BCUT2D eigenvalue weighted by Gasteiger charge is 2.28. The maximum atomic E-state index is 12.4. The van der Waals surface area contributed by atoms with Crippen molar-refractivity contribution in [2.24, 2.45) is 11.7 Å². The molecule has 2 atom stereocenters. The molecule has 0 aromatic carbocycles. The molecular formula is C15H23N3OS. The number of thiazole rings is 1. The first-order valence-electron chi connectivity index (χ1n) is 7.79. The number of carbonyl (C=O) groups is 1. The summed E-state index contributed by atoms with van der Waals surface area (Å²) in [6.45, 7) is 0. The number of aromatic nitrogens is 1. The van der Waals surface area contributed by atoms with E-state index >= 15 is 0 Å². The van der Waals surface area contributed by atoms with Crippen LogP contribution in [0.25, 0.3) is 0 Å². The topological polar surface area (TPSA) is 68.0 Å². The Balaban J connectivity index is 1.67. The van der Waals surface area contributed by atoms with Gasteiger partial charge in [-0.25, -0.2) is 4.98 Å². The number of anilines is 1. The molecule has 4 nitrogen and oxygen atoms in total. The first-order valence-corrected chi connectivity index (χ1v) is 8.61. The van der Waals surface area contributed by atoms with Crippen molar-refractivity contribution in [2.45, 2.75) is 63.8 Å². The van der Waals surface area contributed by atoms with Crippen LogP contribution in [0.2, 0.25) is 0 Å². The Morgan fingerprint density at radius 3 is 2.80 bits per heavy atom. The molecule has 1 amide bonds. The van der Waals surface area contributed by atoms with Crippen LogP contribution in [-0.2, 0) is 17.6 Å². The van der Waals surface area contributed by atoms with E-state index in [1.54, 1.807) is 11.3 Å². The van der Waals surface area contributed by atoms with Crippen LogP contribution < -0.4 is 11.1 Å². The van der Waals surface area contributed by atoms with Crippen molar-refractivity contribution in [3.63, 3.8) is 0 Å². The lowest BCUT2D eigenvalue weighted by atomic mass is 9.95. The summed E-state index contributed by atoms with van der Waals surface area (Å²) in [7, 11) is 0. The summed E-state index contributed by atoms with van der Waals surface area (Å²) in [5.41, 5.74) is 7.35. The molecule has 1 aromatic rings. The number of amides is 1. The number of aryl methyl sites for hydroxylation is 2. The van der Waals surface area contributed by atoms with Crippen molar-refractivity contribution in [2.75, 3.05) is 5.32 Å². The fraction of sp³-hybridized carbons (Fsp3) is 0.733. The minimum atomic E-state index is -0.0431. The average Bonchev–Trinajstić information content (AvgIpc) is 2.71. The second-order valence-corrected chi connectivity index (χ2v) is 7.08. The van der Waals surface area contributed by atoms with Gasteiger partial charge in [0.2, 0.25) is 5.91 Å². The van der Waals surface area contributed by atoms with Gasteiger partial charge >= 0.3 is 0 Å². The maximum absolute atomic E-state index is 12.4. The molecule has 2 unspecified atom stereocenters. The van der Waals surface area contributed by atoms with Crippen molar-refractivity contribution in [1.29, 1.82) is 0 Å². The van der Waals surface area contributed by atoms with E-state index < -0.39 is 0 Å². The van der Waals surface area contributed by atoms with Crippen LogP contribution in [0.15, 0.2) is 0 Å². The van der Waals surface area contributed by atoms with Gasteiger partial charge in [-0.2, -0.15) is 0 Å². The van der Waals surface area contributed by atoms with E-state index in [-0.39, 0.29) is 17.9 Å². The first kappa shape index (κ1) is 14.0. The zero-order valence-corrected chi connectivity index (χ0v) is 12.7. The maximum Gasteiger partial charge on any atom is 0.230 e. The summed E-state index contributed by atoms with van der Waals surface area (Å²) >= 11 is 1.65. The molecule has 2 aliphatic carbocycles.